The van der Waals surface area contributed by atoms with E-state index in [9.17, 15) is 14.0 Å². The minimum absolute atomic E-state index is 0.0647. The van der Waals surface area contributed by atoms with Gasteiger partial charge in [0.2, 0.25) is 5.91 Å². The van der Waals surface area contributed by atoms with Crippen LogP contribution in [0.15, 0.2) is 22.7 Å². The van der Waals surface area contributed by atoms with Crippen molar-refractivity contribution in [3.63, 3.8) is 0 Å². The van der Waals surface area contributed by atoms with Crippen LogP contribution in [0, 0.1) is 11.7 Å². The zero-order valence-corrected chi connectivity index (χ0v) is 12.2. The van der Waals surface area contributed by atoms with Crippen LogP contribution >= 0.6 is 15.9 Å². The molecule has 0 bridgehead atoms. The van der Waals surface area contributed by atoms with Gasteiger partial charge in [0.15, 0.2) is 0 Å². The number of Topliss-reactive ketones (excluding diaryl/α,β-unsaturated/α-hetero) is 1. The maximum absolute atomic E-state index is 13.8. The molecule has 1 fully saturated rings. The molecule has 1 aliphatic heterocycles. The first-order valence-corrected chi connectivity index (χ1v) is 7.13. The van der Waals surface area contributed by atoms with Crippen LogP contribution in [0.2, 0.25) is 0 Å². The summed E-state index contributed by atoms with van der Waals surface area (Å²) in [6.07, 6.45) is 1.62. The summed E-state index contributed by atoms with van der Waals surface area (Å²) < 4.78 is 14.5. The smallest absolute Gasteiger partial charge is 0.237 e. The highest BCUT2D eigenvalue weighted by Crippen LogP contribution is 2.29. The van der Waals surface area contributed by atoms with Crippen LogP contribution in [0.1, 0.15) is 26.2 Å². The van der Waals surface area contributed by atoms with Crippen LogP contribution < -0.4 is 4.90 Å². The highest BCUT2D eigenvalue weighted by Gasteiger charge is 2.34. The van der Waals surface area contributed by atoms with Gasteiger partial charge in [0.05, 0.1) is 11.6 Å². The largest absolute Gasteiger partial charge is 0.309 e. The number of rotatable bonds is 3. The first-order chi connectivity index (χ1) is 9.04. The van der Waals surface area contributed by atoms with E-state index in [0.717, 1.165) is 0 Å². The molecule has 5 heteroatoms. The molecule has 1 aromatic carbocycles. The second-order valence-electron chi connectivity index (χ2n) is 4.60. The van der Waals surface area contributed by atoms with Crippen LogP contribution in [0.25, 0.3) is 0 Å². The number of ketones is 1. The molecule has 0 aromatic heterocycles. The summed E-state index contributed by atoms with van der Waals surface area (Å²) in [5.74, 6) is -1.40. The third-order valence-corrected chi connectivity index (χ3v) is 3.87. The zero-order chi connectivity index (χ0) is 14.0. The first-order valence-electron chi connectivity index (χ1n) is 6.33. The van der Waals surface area contributed by atoms with Crippen molar-refractivity contribution in [2.24, 2.45) is 5.92 Å². The fourth-order valence-electron chi connectivity index (χ4n) is 2.35. The summed E-state index contributed by atoms with van der Waals surface area (Å²) in [7, 11) is 0. The van der Waals surface area contributed by atoms with E-state index in [4.69, 9.17) is 0 Å². The second kappa shape index (κ2) is 5.82. The normalized spacial score (nSPS) is 19.6. The van der Waals surface area contributed by atoms with Crippen molar-refractivity contribution in [1.29, 1.82) is 0 Å². The molecule has 19 heavy (non-hydrogen) atoms. The number of carbonyl (C=O) groups is 2. The van der Waals surface area contributed by atoms with Gasteiger partial charge in [0, 0.05) is 17.4 Å². The average molecular weight is 328 g/mol. The molecular weight excluding hydrogens is 313 g/mol. The van der Waals surface area contributed by atoms with Gasteiger partial charge in [-0.25, -0.2) is 4.39 Å². The zero-order valence-electron chi connectivity index (χ0n) is 10.7. The molecule has 1 atom stereocenters. The maximum atomic E-state index is 13.8. The van der Waals surface area contributed by atoms with Crippen molar-refractivity contribution in [1.82, 2.24) is 0 Å². The predicted molar refractivity (Wildman–Crippen MR) is 74.5 cm³/mol. The molecule has 2 rings (SSSR count). The SMILES string of the molecule is CCC(=O)[C@@H]1CCCN(c2cc(Br)ccc2F)C1=O. The number of amides is 1. The van der Waals surface area contributed by atoms with E-state index in [2.05, 4.69) is 15.9 Å². The average Bonchev–Trinajstić information content (AvgIpc) is 2.41. The van der Waals surface area contributed by atoms with E-state index < -0.39 is 11.7 Å². The topological polar surface area (TPSA) is 37.4 Å². The van der Waals surface area contributed by atoms with Crippen LogP contribution in [0.4, 0.5) is 10.1 Å². The number of hydrogen-bond donors (Lipinski definition) is 0. The van der Waals surface area contributed by atoms with Crippen molar-refractivity contribution < 1.29 is 14.0 Å². The van der Waals surface area contributed by atoms with Gasteiger partial charge in [0.25, 0.3) is 0 Å². The van der Waals surface area contributed by atoms with E-state index in [1.165, 1.54) is 11.0 Å². The Morgan fingerprint density at radius 3 is 2.95 bits per heavy atom. The standard InChI is InChI=1S/C14H15BrFNO2/c1-2-13(18)10-4-3-7-17(14(10)19)12-8-9(15)5-6-11(12)16/h5-6,8,10H,2-4,7H2,1H3/t10-/m0/s1. The molecule has 1 aromatic rings. The van der Waals surface area contributed by atoms with Gasteiger partial charge in [-0.05, 0) is 31.0 Å². The molecule has 0 aliphatic carbocycles. The fourth-order valence-corrected chi connectivity index (χ4v) is 2.70. The molecule has 0 saturated carbocycles. The molecule has 3 nitrogen and oxygen atoms in total. The van der Waals surface area contributed by atoms with Crippen LogP contribution in [-0.2, 0) is 9.59 Å². The Balaban J connectivity index is 2.31. The Bertz CT molecular complexity index is 518. The molecule has 1 heterocycles. The minimum atomic E-state index is -0.614. The van der Waals surface area contributed by atoms with E-state index >= 15 is 0 Å². The molecule has 1 aliphatic rings. The van der Waals surface area contributed by atoms with Crippen LogP contribution in [0.5, 0.6) is 0 Å². The van der Waals surface area contributed by atoms with Gasteiger partial charge in [-0.2, -0.15) is 0 Å². The molecular formula is C14H15BrFNO2. The number of benzene rings is 1. The van der Waals surface area contributed by atoms with Gasteiger partial charge in [-0.1, -0.05) is 22.9 Å². The lowest BCUT2D eigenvalue weighted by Crippen LogP contribution is -2.44. The number of carbonyl (C=O) groups excluding carboxylic acids is 2. The van der Waals surface area contributed by atoms with Gasteiger partial charge < -0.3 is 4.90 Å². The van der Waals surface area contributed by atoms with E-state index in [0.29, 0.717) is 30.3 Å². The minimum Gasteiger partial charge on any atom is -0.309 e. The summed E-state index contributed by atoms with van der Waals surface area (Å²) in [6, 6.07) is 4.48. The molecule has 102 valence electrons. The van der Waals surface area contributed by atoms with E-state index in [-0.39, 0.29) is 17.4 Å². The van der Waals surface area contributed by atoms with Crippen molar-refractivity contribution in [3.05, 3.63) is 28.5 Å². The summed E-state index contributed by atoms with van der Waals surface area (Å²) in [5, 5.41) is 0. The van der Waals surface area contributed by atoms with E-state index in [1.807, 2.05) is 0 Å². The predicted octanol–water partition coefficient (Wildman–Crippen LogP) is 3.31. The Hall–Kier alpha value is -1.23. The first kappa shape index (κ1) is 14.2. The Kier molecular flexibility index (Phi) is 4.34. The van der Waals surface area contributed by atoms with Crippen LogP contribution in [-0.4, -0.2) is 18.2 Å². The highest BCUT2D eigenvalue weighted by molar-refractivity contribution is 9.10. The Morgan fingerprint density at radius 2 is 2.26 bits per heavy atom. The lowest BCUT2D eigenvalue weighted by atomic mass is 9.91. The number of piperidine rings is 1. The van der Waals surface area contributed by atoms with Gasteiger partial charge in [0.1, 0.15) is 11.6 Å². The van der Waals surface area contributed by atoms with Crippen molar-refractivity contribution in [2.75, 3.05) is 11.4 Å². The Labute approximate surface area is 119 Å². The lowest BCUT2D eigenvalue weighted by molar-refractivity contribution is -0.133. The summed E-state index contributed by atoms with van der Waals surface area (Å²) in [6.45, 7) is 2.20. The molecule has 0 radical (unpaired) electrons. The summed E-state index contributed by atoms with van der Waals surface area (Å²) in [4.78, 5) is 25.5. The van der Waals surface area contributed by atoms with Crippen LogP contribution in [0.3, 0.4) is 0 Å². The number of halogens is 2. The molecule has 1 amide bonds. The molecule has 0 unspecified atom stereocenters. The van der Waals surface area contributed by atoms with E-state index in [1.54, 1.807) is 19.1 Å². The maximum Gasteiger partial charge on any atom is 0.237 e. The molecule has 0 spiro atoms. The van der Waals surface area contributed by atoms with Gasteiger partial charge >= 0.3 is 0 Å². The fraction of sp³-hybridized carbons (Fsp3) is 0.429. The van der Waals surface area contributed by atoms with Crippen molar-refractivity contribution in [2.45, 2.75) is 26.2 Å². The van der Waals surface area contributed by atoms with Crippen molar-refractivity contribution >= 4 is 33.3 Å². The van der Waals surface area contributed by atoms with Crippen molar-refractivity contribution in [3.8, 4) is 0 Å². The molecule has 1 saturated heterocycles. The third-order valence-electron chi connectivity index (χ3n) is 3.37. The number of nitrogens with zero attached hydrogens (tertiary/aromatic N) is 1. The lowest BCUT2D eigenvalue weighted by Gasteiger charge is -2.31. The third kappa shape index (κ3) is 2.86. The number of anilines is 1. The van der Waals surface area contributed by atoms with Gasteiger partial charge in [-0.15, -0.1) is 0 Å². The highest BCUT2D eigenvalue weighted by atomic mass is 79.9. The van der Waals surface area contributed by atoms with Gasteiger partial charge in [-0.3, -0.25) is 9.59 Å². The quantitative estimate of drug-likeness (QED) is 0.799. The number of hydrogen-bond acceptors (Lipinski definition) is 2. The Morgan fingerprint density at radius 1 is 1.53 bits per heavy atom. The molecule has 0 N–H and O–H groups in total. The summed E-state index contributed by atoms with van der Waals surface area (Å²) >= 11 is 3.27. The second-order valence-corrected chi connectivity index (χ2v) is 5.52. The monoisotopic (exact) mass is 327 g/mol. The summed E-state index contributed by atoms with van der Waals surface area (Å²) in [5.41, 5.74) is 0.243.